The van der Waals surface area contributed by atoms with Crippen LogP contribution >= 0.6 is 12.4 Å². The lowest BCUT2D eigenvalue weighted by atomic mass is 10.3. The van der Waals surface area contributed by atoms with Crippen molar-refractivity contribution in [1.29, 1.82) is 5.41 Å². The molecule has 0 fully saturated rings. The normalized spacial score (nSPS) is 9.36. The summed E-state index contributed by atoms with van der Waals surface area (Å²) < 4.78 is 5.42. The molecule has 1 aromatic heterocycles. The van der Waals surface area contributed by atoms with E-state index in [1.807, 2.05) is 13.8 Å². The first kappa shape index (κ1) is 12.7. The molecule has 0 amide bonds. The van der Waals surface area contributed by atoms with E-state index in [4.69, 9.17) is 15.9 Å². The second-order valence-electron chi connectivity index (χ2n) is 2.93. The topological polar surface area (TPSA) is 72.0 Å². The van der Waals surface area contributed by atoms with Crippen LogP contribution < -0.4 is 10.5 Å². The molecule has 4 nitrogen and oxygen atoms in total. The van der Waals surface area contributed by atoms with E-state index >= 15 is 0 Å². The van der Waals surface area contributed by atoms with E-state index in [2.05, 4.69) is 4.98 Å². The van der Waals surface area contributed by atoms with Gasteiger partial charge in [0.15, 0.2) is 0 Å². The molecule has 0 saturated carbocycles. The number of amidine groups is 1. The molecule has 3 N–H and O–H groups in total. The largest absolute Gasteiger partial charge is 0.489 e. The van der Waals surface area contributed by atoms with E-state index in [1.165, 1.54) is 0 Å². The average Bonchev–Trinajstić information content (AvgIpc) is 2.03. The van der Waals surface area contributed by atoms with Crippen LogP contribution in [0.5, 0.6) is 5.75 Å². The lowest BCUT2D eigenvalue weighted by Gasteiger charge is -2.11. The first-order valence-corrected chi connectivity index (χ1v) is 4.07. The molecule has 0 saturated heterocycles. The van der Waals surface area contributed by atoms with Crippen molar-refractivity contribution in [2.24, 2.45) is 5.73 Å². The molecule has 1 heterocycles. The Morgan fingerprint density at radius 1 is 1.57 bits per heavy atom. The molecule has 1 rings (SSSR count). The molecule has 5 heteroatoms. The summed E-state index contributed by atoms with van der Waals surface area (Å²) in [5.74, 6) is 0.487. The van der Waals surface area contributed by atoms with Crippen LogP contribution in [0.3, 0.4) is 0 Å². The quantitative estimate of drug-likeness (QED) is 0.594. The van der Waals surface area contributed by atoms with E-state index in [0.717, 1.165) is 0 Å². The summed E-state index contributed by atoms with van der Waals surface area (Å²) in [4.78, 5) is 3.96. The molecule has 0 aliphatic carbocycles. The highest BCUT2D eigenvalue weighted by molar-refractivity contribution is 5.95. The molecule has 14 heavy (non-hydrogen) atoms. The molecule has 0 unspecified atom stereocenters. The zero-order chi connectivity index (χ0) is 9.84. The second-order valence-corrected chi connectivity index (χ2v) is 2.93. The van der Waals surface area contributed by atoms with E-state index < -0.39 is 0 Å². The van der Waals surface area contributed by atoms with E-state index in [1.54, 1.807) is 18.3 Å². The second kappa shape index (κ2) is 5.44. The van der Waals surface area contributed by atoms with Crippen molar-refractivity contribution in [1.82, 2.24) is 4.98 Å². The fraction of sp³-hybridized carbons (Fsp3) is 0.333. The molecule has 0 aliphatic heterocycles. The Balaban J connectivity index is 0.00000169. The predicted molar refractivity (Wildman–Crippen MR) is 58.3 cm³/mol. The Kier molecular flexibility index (Phi) is 4.94. The van der Waals surface area contributed by atoms with Gasteiger partial charge in [0.2, 0.25) is 0 Å². The molecular weight excluding hydrogens is 202 g/mol. The van der Waals surface area contributed by atoms with Crippen molar-refractivity contribution >= 4 is 18.2 Å². The van der Waals surface area contributed by atoms with Crippen LogP contribution in [0.4, 0.5) is 0 Å². The smallest absolute Gasteiger partial charge is 0.149 e. The summed E-state index contributed by atoms with van der Waals surface area (Å²) in [6.45, 7) is 3.83. The van der Waals surface area contributed by atoms with Crippen molar-refractivity contribution in [2.75, 3.05) is 0 Å². The molecule has 0 radical (unpaired) electrons. The van der Waals surface area contributed by atoms with Crippen LogP contribution in [0.15, 0.2) is 18.3 Å². The van der Waals surface area contributed by atoms with Gasteiger partial charge in [-0.2, -0.15) is 0 Å². The Labute approximate surface area is 89.4 Å². The van der Waals surface area contributed by atoms with Crippen LogP contribution in [0.25, 0.3) is 0 Å². The third kappa shape index (κ3) is 3.22. The van der Waals surface area contributed by atoms with Crippen LogP contribution in [-0.2, 0) is 0 Å². The van der Waals surface area contributed by atoms with E-state index in [-0.39, 0.29) is 24.3 Å². The zero-order valence-corrected chi connectivity index (χ0v) is 8.97. The van der Waals surface area contributed by atoms with Gasteiger partial charge < -0.3 is 10.5 Å². The monoisotopic (exact) mass is 215 g/mol. The van der Waals surface area contributed by atoms with Gasteiger partial charge in [-0.3, -0.25) is 5.41 Å². The lowest BCUT2D eigenvalue weighted by Crippen LogP contribution is -2.17. The van der Waals surface area contributed by atoms with Crippen LogP contribution in [0.2, 0.25) is 0 Å². The fourth-order valence-corrected chi connectivity index (χ4v) is 0.942. The number of hydrogen-bond acceptors (Lipinski definition) is 3. The minimum absolute atomic E-state index is 0. The lowest BCUT2D eigenvalue weighted by molar-refractivity contribution is 0.241. The van der Waals surface area contributed by atoms with E-state index in [9.17, 15) is 0 Å². The average molecular weight is 216 g/mol. The summed E-state index contributed by atoms with van der Waals surface area (Å²) in [6, 6.07) is 3.51. The molecule has 1 aromatic rings. The minimum atomic E-state index is -0.0729. The summed E-state index contributed by atoms with van der Waals surface area (Å²) >= 11 is 0. The van der Waals surface area contributed by atoms with Crippen molar-refractivity contribution in [3.8, 4) is 5.75 Å². The summed E-state index contributed by atoms with van der Waals surface area (Å²) in [5.41, 5.74) is 5.73. The highest BCUT2D eigenvalue weighted by Crippen LogP contribution is 2.15. The van der Waals surface area contributed by atoms with Gasteiger partial charge in [-0.05, 0) is 26.0 Å². The number of aromatic nitrogens is 1. The zero-order valence-electron chi connectivity index (χ0n) is 8.15. The van der Waals surface area contributed by atoms with Gasteiger partial charge in [0.25, 0.3) is 0 Å². The van der Waals surface area contributed by atoms with Gasteiger partial charge in [-0.1, -0.05) is 0 Å². The highest BCUT2D eigenvalue weighted by atomic mass is 35.5. The van der Waals surface area contributed by atoms with Crippen molar-refractivity contribution in [3.63, 3.8) is 0 Å². The highest BCUT2D eigenvalue weighted by Gasteiger charge is 2.07. The molecule has 0 aliphatic rings. The van der Waals surface area contributed by atoms with Gasteiger partial charge in [0, 0.05) is 6.20 Å². The number of nitrogens with two attached hydrogens (primary N) is 1. The Morgan fingerprint density at radius 3 is 2.71 bits per heavy atom. The predicted octanol–water partition coefficient (Wildman–Crippen LogP) is 1.57. The standard InChI is InChI=1S/C9H13N3O.ClH/c1-6(2)13-7-4-3-5-12-8(7)9(10)11;/h3-6H,1-2H3,(H3,10,11);1H. The van der Waals surface area contributed by atoms with Gasteiger partial charge in [-0.15, -0.1) is 12.4 Å². The van der Waals surface area contributed by atoms with Crippen molar-refractivity contribution in [2.45, 2.75) is 20.0 Å². The SMILES string of the molecule is CC(C)Oc1cccnc1C(=N)N.Cl. The first-order chi connectivity index (χ1) is 6.11. The third-order valence-corrected chi connectivity index (χ3v) is 1.39. The Morgan fingerprint density at radius 2 is 2.21 bits per heavy atom. The third-order valence-electron chi connectivity index (χ3n) is 1.39. The maximum absolute atomic E-state index is 7.26. The maximum atomic E-state index is 7.26. The van der Waals surface area contributed by atoms with Gasteiger partial charge >= 0.3 is 0 Å². The number of nitrogens with zero attached hydrogens (tertiary/aromatic N) is 1. The summed E-state index contributed by atoms with van der Waals surface area (Å²) in [6.07, 6.45) is 1.64. The molecular formula is C9H14ClN3O. The first-order valence-electron chi connectivity index (χ1n) is 4.07. The van der Waals surface area contributed by atoms with Gasteiger partial charge in [-0.25, -0.2) is 4.98 Å². The van der Waals surface area contributed by atoms with Crippen LogP contribution in [0.1, 0.15) is 19.5 Å². The minimum Gasteiger partial charge on any atom is -0.489 e. The number of pyridine rings is 1. The number of nitrogen functional groups attached to an aromatic ring is 1. The number of nitrogens with one attached hydrogen (secondary N) is 1. The number of halogens is 1. The van der Waals surface area contributed by atoms with Crippen molar-refractivity contribution in [3.05, 3.63) is 24.0 Å². The number of ether oxygens (including phenoxy) is 1. The Hall–Kier alpha value is -1.29. The molecule has 78 valence electrons. The molecule has 0 atom stereocenters. The van der Waals surface area contributed by atoms with E-state index in [0.29, 0.717) is 11.4 Å². The summed E-state index contributed by atoms with van der Waals surface area (Å²) in [5, 5.41) is 7.26. The van der Waals surface area contributed by atoms with Crippen LogP contribution in [0, 0.1) is 5.41 Å². The number of rotatable bonds is 3. The Bertz CT molecular complexity index is 315. The molecule has 0 bridgehead atoms. The fourth-order valence-electron chi connectivity index (χ4n) is 0.942. The molecule has 0 spiro atoms. The van der Waals surface area contributed by atoms with Crippen LogP contribution in [-0.4, -0.2) is 16.9 Å². The summed E-state index contributed by atoms with van der Waals surface area (Å²) in [7, 11) is 0. The molecule has 0 aromatic carbocycles. The van der Waals surface area contributed by atoms with Gasteiger partial charge in [0.1, 0.15) is 17.3 Å². The number of hydrogen-bond donors (Lipinski definition) is 2. The maximum Gasteiger partial charge on any atom is 0.149 e. The van der Waals surface area contributed by atoms with Gasteiger partial charge in [0.05, 0.1) is 6.10 Å². The van der Waals surface area contributed by atoms with Crippen molar-refractivity contribution < 1.29 is 4.74 Å².